The molecule has 102 valence electrons. The summed E-state index contributed by atoms with van der Waals surface area (Å²) in [6, 6.07) is -0.165. The second-order valence-electron chi connectivity index (χ2n) is 4.87. The van der Waals surface area contributed by atoms with Crippen molar-refractivity contribution in [2.75, 3.05) is 25.2 Å². The van der Waals surface area contributed by atoms with Gasteiger partial charge >= 0.3 is 0 Å². The molecule has 0 saturated carbocycles. The fourth-order valence-electron chi connectivity index (χ4n) is 2.61. The molecule has 2 fully saturated rings. The van der Waals surface area contributed by atoms with E-state index in [1.54, 1.807) is 11.8 Å². The van der Waals surface area contributed by atoms with Gasteiger partial charge in [0.1, 0.15) is 6.04 Å². The maximum Gasteiger partial charge on any atom is 0.245 e. The predicted molar refractivity (Wildman–Crippen MR) is 70.5 cm³/mol. The molecule has 2 aliphatic rings. The Morgan fingerprint density at radius 2 is 2.33 bits per heavy atom. The highest BCUT2D eigenvalue weighted by Crippen LogP contribution is 2.28. The molecule has 2 amide bonds. The Morgan fingerprint density at radius 1 is 1.56 bits per heavy atom. The first kappa shape index (κ1) is 13.7. The zero-order valence-corrected chi connectivity index (χ0v) is 11.7. The molecule has 2 aliphatic heterocycles. The number of carbonyl (C=O) groups excluding carboxylic acids is 2. The lowest BCUT2D eigenvalue weighted by Crippen LogP contribution is -2.52. The van der Waals surface area contributed by atoms with E-state index in [4.69, 9.17) is 4.74 Å². The number of amides is 2. The van der Waals surface area contributed by atoms with Crippen LogP contribution in [-0.4, -0.2) is 60.1 Å². The van der Waals surface area contributed by atoms with Gasteiger partial charge in [0.15, 0.2) is 0 Å². The molecule has 2 heterocycles. The molecule has 0 unspecified atom stereocenters. The number of nitrogens with zero attached hydrogens (tertiary/aromatic N) is 1. The van der Waals surface area contributed by atoms with Gasteiger partial charge in [-0.3, -0.25) is 9.59 Å². The highest BCUT2D eigenvalue weighted by atomic mass is 32.2. The Labute approximate surface area is 112 Å². The van der Waals surface area contributed by atoms with Gasteiger partial charge in [0, 0.05) is 13.5 Å². The molecule has 0 spiro atoms. The maximum atomic E-state index is 12.4. The van der Waals surface area contributed by atoms with Gasteiger partial charge in [0.2, 0.25) is 11.8 Å². The van der Waals surface area contributed by atoms with Crippen LogP contribution in [0.25, 0.3) is 0 Å². The second kappa shape index (κ2) is 5.93. The lowest BCUT2D eigenvalue weighted by Gasteiger charge is -2.30. The molecule has 6 heteroatoms. The summed E-state index contributed by atoms with van der Waals surface area (Å²) in [6.45, 7) is 2.78. The predicted octanol–water partition coefficient (Wildman–Crippen LogP) is 0.244. The van der Waals surface area contributed by atoms with Gasteiger partial charge in [0.25, 0.3) is 0 Å². The number of carbonyl (C=O) groups is 2. The first-order valence-corrected chi connectivity index (χ1v) is 7.69. The van der Waals surface area contributed by atoms with Crippen molar-refractivity contribution in [3.63, 3.8) is 0 Å². The molecule has 2 rings (SSSR count). The molecular weight excluding hydrogens is 252 g/mol. The number of hydrogen-bond acceptors (Lipinski definition) is 4. The van der Waals surface area contributed by atoms with E-state index in [0.29, 0.717) is 19.6 Å². The third kappa shape index (κ3) is 2.98. The average molecular weight is 272 g/mol. The minimum Gasteiger partial charge on any atom is -0.374 e. The number of likely N-dealkylation sites (tertiary alicyclic amines) is 1. The highest BCUT2D eigenvalue weighted by Gasteiger charge is 2.43. The second-order valence-corrected chi connectivity index (χ2v) is 5.86. The lowest BCUT2D eigenvalue weighted by molar-refractivity contribution is -0.140. The van der Waals surface area contributed by atoms with Gasteiger partial charge in [0.05, 0.1) is 18.8 Å². The largest absolute Gasteiger partial charge is 0.374 e. The van der Waals surface area contributed by atoms with Crippen LogP contribution in [-0.2, 0) is 14.3 Å². The van der Waals surface area contributed by atoms with Crippen LogP contribution in [0.3, 0.4) is 0 Å². The van der Waals surface area contributed by atoms with E-state index in [2.05, 4.69) is 5.32 Å². The molecule has 1 N–H and O–H groups in total. The van der Waals surface area contributed by atoms with Crippen molar-refractivity contribution in [3.8, 4) is 0 Å². The molecule has 2 bridgehead atoms. The number of fused-ring (bicyclic) bond motifs is 2. The van der Waals surface area contributed by atoms with Crippen LogP contribution >= 0.6 is 11.8 Å². The van der Waals surface area contributed by atoms with E-state index in [1.165, 1.54) is 6.92 Å². The van der Waals surface area contributed by atoms with Crippen molar-refractivity contribution in [3.05, 3.63) is 0 Å². The average Bonchev–Trinajstić information content (AvgIpc) is 2.95. The van der Waals surface area contributed by atoms with Gasteiger partial charge in [-0.05, 0) is 24.9 Å². The SMILES string of the molecule is CSCC[C@@H](NC(C)=O)C(=O)N1C[C@H]2C[C@H]1CO2. The van der Waals surface area contributed by atoms with Crippen LogP contribution in [0.1, 0.15) is 19.8 Å². The summed E-state index contributed by atoms with van der Waals surface area (Å²) < 4.78 is 5.49. The molecule has 0 aromatic heterocycles. The molecule has 0 aromatic carbocycles. The van der Waals surface area contributed by atoms with E-state index in [1.807, 2.05) is 11.2 Å². The molecule has 18 heavy (non-hydrogen) atoms. The Bertz CT molecular complexity index is 337. The monoisotopic (exact) mass is 272 g/mol. The van der Waals surface area contributed by atoms with Crippen LogP contribution in [0.5, 0.6) is 0 Å². The first-order chi connectivity index (χ1) is 8.61. The van der Waals surface area contributed by atoms with E-state index in [0.717, 1.165) is 12.2 Å². The Balaban J connectivity index is 1.96. The van der Waals surface area contributed by atoms with Crippen LogP contribution in [0.2, 0.25) is 0 Å². The van der Waals surface area contributed by atoms with Gasteiger partial charge in [-0.15, -0.1) is 0 Å². The molecule has 5 nitrogen and oxygen atoms in total. The van der Waals surface area contributed by atoms with Gasteiger partial charge in [-0.1, -0.05) is 0 Å². The van der Waals surface area contributed by atoms with Crippen LogP contribution in [0, 0.1) is 0 Å². The van der Waals surface area contributed by atoms with Crippen LogP contribution < -0.4 is 5.32 Å². The minimum absolute atomic E-state index is 0.0510. The first-order valence-electron chi connectivity index (χ1n) is 6.30. The molecule has 0 aliphatic carbocycles. The van der Waals surface area contributed by atoms with Crippen molar-refractivity contribution >= 4 is 23.6 Å². The standard InChI is InChI=1S/C12H20N2O3S/c1-8(15)13-11(3-4-18-2)12(16)14-6-10-5-9(14)7-17-10/h9-11H,3-7H2,1-2H3,(H,13,15)/t9-,10+,11+/m0/s1. The van der Waals surface area contributed by atoms with Gasteiger partial charge < -0.3 is 15.0 Å². The number of thioether (sulfide) groups is 1. The van der Waals surface area contributed by atoms with Crippen molar-refractivity contribution in [2.24, 2.45) is 0 Å². The number of morpholine rings is 1. The summed E-state index contributed by atoms with van der Waals surface area (Å²) in [5.74, 6) is 0.778. The van der Waals surface area contributed by atoms with Crippen LogP contribution in [0.4, 0.5) is 0 Å². The smallest absolute Gasteiger partial charge is 0.245 e. The quantitative estimate of drug-likeness (QED) is 0.779. The van der Waals surface area contributed by atoms with Crippen LogP contribution in [0.15, 0.2) is 0 Å². The zero-order valence-electron chi connectivity index (χ0n) is 10.8. The van der Waals surface area contributed by atoms with E-state index < -0.39 is 0 Å². The van der Waals surface area contributed by atoms with Crippen molar-refractivity contribution in [1.82, 2.24) is 10.2 Å². The maximum absolute atomic E-state index is 12.4. The Hall–Kier alpha value is -0.750. The molecule has 2 saturated heterocycles. The fourth-order valence-corrected chi connectivity index (χ4v) is 3.08. The number of hydrogen-bond donors (Lipinski definition) is 1. The number of rotatable bonds is 5. The summed E-state index contributed by atoms with van der Waals surface area (Å²) in [5.41, 5.74) is 0. The summed E-state index contributed by atoms with van der Waals surface area (Å²) in [5, 5.41) is 2.77. The molecular formula is C12H20N2O3S. The highest BCUT2D eigenvalue weighted by molar-refractivity contribution is 7.98. The minimum atomic E-state index is -0.380. The van der Waals surface area contributed by atoms with Crippen molar-refractivity contribution in [1.29, 1.82) is 0 Å². The summed E-state index contributed by atoms with van der Waals surface area (Å²) >= 11 is 1.69. The lowest BCUT2D eigenvalue weighted by atomic mass is 10.1. The van der Waals surface area contributed by atoms with E-state index in [-0.39, 0.29) is 30.0 Å². The number of nitrogens with one attached hydrogen (secondary N) is 1. The summed E-state index contributed by atoms with van der Waals surface area (Å²) in [6.07, 6.45) is 3.84. The summed E-state index contributed by atoms with van der Waals surface area (Å²) in [4.78, 5) is 25.5. The van der Waals surface area contributed by atoms with E-state index >= 15 is 0 Å². The van der Waals surface area contributed by atoms with Gasteiger partial charge in [-0.25, -0.2) is 0 Å². The van der Waals surface area contributed by atoms with Crippen molar-refractivity contribution in [2.45, 2.75) is 38.0 Å². The third-order valence-electron chi connectivity index (χ3n) is 3.47. The van der Waals surface area contributed by atoms with Crippen molar-refractivity contribution < 1.29 is 14.3 Å². The molecule has 0 aromatic rings. The third-order valence-corrected chi connectivity index (χ3v) is 4.11. The molecule has 0 radical (unpaired) electrons. The zero-order chi connectivity index (χ0) is 13.1. The Morgan fingerprint density at radius 3 is 2.83 bits per heavy atom. The summed E-state index contributed by atoms with van der Waals surface area (Å²) in [7, 11) is 0. The Kier molecular flexibility index (Phi) is 4.50. The van der Waals surface area contributed by atoms with Gasteiger partial charge in [-0.2, -0.15) is 11.8 Å². The van der Waals surface area contributed by atoms with E-state index in [9.17, 15) is 9.59 Å². The number of ether oxygens (including phenoxy) is 1. The molecule has 3 atom stereocenters. The fraction of sp³-hybridized carbons (Fsp3) is 0.833. The topological polar surface area (TPSA) is 58.6 Å². The normalized spacial score (nSPS) is 27.3.